The highest BCUT2D eigenvalue weighted by atomic mass is 32.2. The van der Waals surface area contributed by atoms with Crippen LogP contribution in [0.5, 0.6) is 17.2 Å². The SMILES string of the molecule is COc1cc(CN(C)CCCOc2ccc(S(=O)(=O)c3ccccc3C(C)C)cc2)cc(OC)c1. The van der Waals surface area contributed by atoms with Crippen LogP contribution < -0.4 is 14.2 Å². The van der Waals surface area contributed by atoms with Gasteiger partial charge in [0.1, 0.15) is 17.2 Å². The lowest BCUT2D eigenvalue weighted by atomic mass is 10.0. The van der Waals surface area contributed by atoms with Crippen LogP contribution in [0, 0.1) is 0 Å². The standard InChI is InChI=1S/C28H35NO5S/c1-21(2)27-9-6-7-10-28(27)35(30,31)26-13-11-23(12-14-26)34-16-8-15-29(3)20-22-17-24(32-4)19-25(18-22)33-5/h6-7,9-14,17-19,21H,8,15-16,20H2,1-5H3. The van der Waals surface area contributed by atoms with Crippen molar-refractivity contribution in [2.45, 2.75) is 42.5 Å². The van der Waals surface area contributed by atoms with Crippen LogP contribution in [0.2, 0.25) is 0 Å². The summed E-state index contributed by atoms with van der Waals surface area (Å²) in [7, 11) is 1.76. The first-order valence-electron chi connectivity index (χ1n) is 11.7. The number of nitrogens with zero attached hydrogens (tertiary/aromatic N) is 1. The van der Waals surface area contributed by atoms with Crippen LogP contribution in [0.25, 0.3) is 0 Å². The molecule has 7 heteroatoms. The summed E-state index contributed by atoms with van der Waals surface area (Å²) in [5, 5.41) is 0. The maximum Gasteiger partial charge on any atom is 0.206 e. The molecule has 0 aliphatic carbocycles. The van der Waals surface area contributed by atoms with Gasteiger partial charge in [-0.15, -0.1) is 0 Å². The molecule has 188 valence electrons. The number of sulfone groups is 1. The van der Waals surface area contributed by atoms with Gasteiger partial charge < -0.3 is 19.1 Å². The summed E-state index contributed by atoms with van der Waals surface area (Å²) in [4.78, 5) is 2.84. The summed E-state index contributed by atoms with van der Waals surface area (Å²) in [6, 6.07) is 19.7. The number of ether oxygens (including phenoxy) is 3. The van der Waals surface area contributed by atoms with Crippen LogP contribution in [0.15, 0.2) is 76.5 Å². The number of rotatable bonds is 12. The Kier molecular flexibility index (Phi) is 9.18. The molecule has 0 bridgehead atoms. The van der Waals surface area contributed by atoms with E-state index in [-0.39, 0.29) is 10.8 Å². The molecular formula is C28H35NO5S. The second kappa shape index (κ2) is 12.1. The minimum absolute atomic E-state index is 0.118. The number of benzene rings is 3. The van der Waals surface area contributed by atoms with Gasteiger partial charge in [0, 0.05) is 19.2 Å². The van der Waals surface area contributed by atoms with Gasteiger partial charge >= 0.3 is 0 Å². The minimum atomic E-state index is -3.59. The predicted octanol–water partition coefficient (Wildman–Crippen LogP) is 5.56. The molecule has 6 nitrogen and oxygen atoms in total. The van der Waals surface area contributed by atoms with E-state index in [0.29, 0.717) is 17.3 Å². The first-order chi connectivity index (χ1) is 16.7. The molecule has 3 rings (SSSR count). The topological polar surface area (TPSA) is 65.1 Å². The second-order valence-corrected chi connectivity index (χ2v) is 10.7. The first-order valence-corrected chi connectivity index (χ1v) is 13.2. The van der Waals surface area contributed by atoms with Gasteiger partial charge in [-0.25, -0.2) is 8.42 Å². The molecular weight excluding hydrogens is 462 g/mol. The molecule has 0 spiro atoms. The Hall–Kier alpha value is -3.03. The zero-order valence-corrected chi connectivity index (χ0v) is 22.0. The van der Waals surface area contributed by atoms with Gasteiger partial charge in [0.2, 0.25) is 9.84 Å². The Morgan fingerprint density at radius 2 is 1.49 bits per heavy atom. The van der Waals surface area contributed by atoms with Crippen molar-refractivity contribution in [3.63, 3.8) is 0 Å². The van der Waals surface area contributed by atoms with E-state index < -0.39 is 9.84 Å². The smallest absolute Gasteiger partial charge is 0.206 e. The van der Waals surface area contributed by atoms with Crippen molar-refractivity contribution in [2.24, 2.45) is 0 Å². The highest BCUT2D eigenvalue weighted by Gasteiger charge is 2.22. The maximum atomic E-state index is 13.2. The third kappa shape index (κ3) is 6.99. The van der Waals surface area contributed by atoms with Crippen LogP contribution in [0.3, 0.4) is 0 Å². The van der Waals surface area contributed by atoms with Crippen LogP contribution in [-0.4, -0.2) is 47.7 Å². The Bertz CT molecular complexity index is 1180. The zero-order chi connectivity index (χ0) is 25.4. The molecule has 0 radical (unpaired) electrons. The van der Waals surface area contributed by atoms with E-state index in [2.05, 4.69) is 11.9 Å². The molecule has 0 heterocycles. The van der Waals surface area contributed by atoms with Gasteiger partial charge in [-0.2, -0.15) is 0 Å². The Balaban J connectivity index is 1.53. The molecule has 0 aromatic heterocycles. The fraction of sp³-hybridized carbons (Fsp3) is 0.357. The number of methoxy groups -OCH3 is 2. The molecule has 0 saturated carbocycles. The van der Waals surface area contributed by atoms with Crippen molar-refractivity contribution in [3.8, 4) is 17.2 Å². The average Bonchev–Trinajstić information content (AvgIpc) is 2.86. The lowest BCUT2D eigenvalue weighted by molar-refractivity contribution is 0.258. The van der Waals surface area contributed by atoms with Gasteiger partial charge in [-0.3, -0.25) is 0 Å². The number of hydrogen-bond acceptors (Lipinski definition) is 6. The third-order valence-corrected chi connectivity index (χ3v) is 7.62. The predicted molar refractivity (Wildman–Crippen MR) is 138 cm³/mol. The molecule has 0 N–H and O–H groups in total. The highest BCUT2D eigenvalue weighted by molar-refractivity contribution is 7.91. The monoisotopic (exact) mass is 497 g/mol. The first kappa shape index (κ1) is 26.6. The van der Waals surface area contributed by atoms with Gasteiger partial charge in [-0.1, -0.05) is 32.0 Å². The fourth-order valence-corrected chi connectivity index (χ4v) is 5.54. The van der Waals surface area contributed by atoms with Crippen LogP contribution in [-0.2, 0) is 16.4 Å². The van der Waals surface area contributed by atoms with Gasteiger partial charge in [0.05, 0.1) is 30.6 Å². The summed E-state index contributed by atoms with van der Waals surface area (Å²) in [5.74, 6) is 2.32. The summed E-state index contributed by atoms with van der Waals surface area (Å²) in [6.45, 7) is 6.14. The average molecular weight is 498 g/mol. The lowest BCUT2D eigenvalue weighted by Gasteiger charge is -2.18. The van der Waals surface area contributed by atoms with E-state index in [4.69, 9.17) is 14.2 Å². The van der Waals surface area contributed by atoms with E-state index in [0.717, 1.165) is 42.1 Å². The highest BCUT2D eigenvalue weighted by Crippen LogP contribution is 2.29. The fourth-order valence-electron chi connectivity index (χ4n) is 3.92. The molecule has 0 aliphatic heterocycles. The quantitative estimate of drug-likeness (QED) is 0.305. The maximum absolute atomic E-state index is 13.2. The molecule has 35 heavy (non-hydrogen) atoms. The van der Waals surface area contributed by atoms with E-state index in [9.17, 15) is 8.42 Å². The van der Waals surface area contributed by atoms with E-state index >= 15 is 0 Å². The Labute approximate surface area is 209 Å². The van der Waals surface area contributed by atoms with E-state index in [1.807, 2.05) is 44.2 Å². The van der Waals surface area contributed by atoms with Crippen molar-refractivity contribution in [1.29, 1.82) is 0 Å². The van der Waals surface area contributed by atoms with Crippen molar-refractivity contribution in [1.82, 2.24) is 4.90 Å². The van der Waals surface area contributed by atoms with Crippen molar-refractivity contribution >= 4 is 9.84 Å². The Morgan fingerprint density at radius 1 is 0.857 bits per heavy atom. The lowest BCUT2D eigenvalue weighted by Crippen LogP contribution is -2.20. The van der Waals surface area contributed by atoms with E-state index in [1.165, 1.54) is 0 Å². The zero-order valence-electron chi connectivity index (χ0n) is 21.2. The summed E-state index contributed by atoms with van der Waals surface area (Å²) in [6.07, 6.45) is 0.833. The van der Waals surface area contributed by atoms with Crippen LogP contribution in [0.4, 0.5) is 0 Å². The van der Waals surface area contributed by atoms with Gasteiger partial charge in [0.15, 0.2) is 0 Å². The minimum Gasteiger partial charge on any atom is -0.497 e. The van der Waals surface area contributed by atoms with Gasteiger partial charge in [0.25, 0.3) is 0 Å². The summed E-state index contributed by atoms with van der Waals surface area (Å²) >= 11 is 0. The normalized spacial score (nSPS) is 11.6. The van der Waals surface area contributed by atoms with Crippen molar-refractivity contribution in [2.75, 3.05) is 34.4 Å². The van der Waals surface area contributed by atoms with Crippen molar-refractivity contribution in [3.05, 3.63) is 77.9 Å². The van der Waals surface area contributed by atoms with Crippen LogP contribution in [0.1, 0.15) is 37.3 Å². The third-order valence-electron chi connectivity index (χ3n) is 5.78. The molecule has 0 aliphatic rings. The molecule has 0 fully saturated rings. The molecule has 0 unspecified atom stereocenters. The summed E-state index contributed by atoms with van der Waals surface area (Å²) in [5.41, 5.74) is 1.93. The molecule has 0 amide bonds. The van der Waals surface area contributed by atoms with Crippen molar-refractivity contribution < 1.29 is 22.6 Å². The molecule has 0 saturated heterocycles. The van der Waals surface area contributed by atoms with Gasteiger partial charge in [-0.05, 0) is 73.0 Å². The second-order valence-electron chi connectivity index (χ2n) is 8.83. The molecule has 3 aromatic carbocycles. The molecule has 0 atom stereocenters. The van der Waals surface area contributed by atoms with E-state index in [1.54, 1.807) is 50.6 Å². The molecule has 3 aromatic rings. The number of hydrogen-bond donors (Lipinski definition) is 0. The summed E-state index contributed by atoms with van der Waals surface area (Å²) < 4.78 is 42.9. The van der Waals surface area contributed by atoms with Crippen LogP contribution >= 0.6 is 0 Å². The largest absolute Gasteiger partial charge is 0.497 e. The Morgan fingerprint density at radius 3 is 2.09 bits per heavy atom.